The number of rotatable bonds is 6. The molecular formula is C19H27F2N3O2. The highest BCUT2D eigenvalue weighted by Crippen LogP contribution is 2.17. The Hall–Kier alpha value is -2.02. The van der Waals surface area contributed by atoms with Crippen LogP contribution in [0.1, 0.15) is 32.6 Å². The first kappa shape index (κ1) is 20.3. The van der Waals surface area contributed by atoms with Crippen LogP contribution in [0.25, 0.3) is 0 Å². The van der Waals surface area contributed by atoms with Crippen LogP contribution in [0.2, 0.25) is 0 Å². The lowest BCUT2D eigenvalue weighted by Crippen LogP contribution is -2.41. The number of nitrogens with zero attached hydrogens (tertiary/aromatic N) is 2. The van der Waals surface area contributed by atoms with Gasteiger partial charge in [-0.15, -0.1) is 0 Å². The molecule has 2 amide bonds. The molecule has 1 aromatic rings. The molecule has 1 aromatic carbocycles. The van der Waals surface area contributed by atoms with Crippen molar-refractivity contribution in [3.8, 4) is 0 Å². The molecule has 1 saturated heterocycles. The number of likely N-dealkylation sites (N-methyl/N-ethyl adjacent to an activating group) is 1. The average molecular weight is 367 g/mol. The third-order valence-corrected chi connectivity index (χ3v) is 4.72. The van der Waals surface area contributed by atoms with Crippen molar-refractivity contribution in [3.63, 3.8) is 0 Å². The second-order valence-electron chi connectivity index (χ2n) is 6.97. The lowest BCUT2D eigenvalue weighted by atomic mass is 10.0. The monoisotopic (exact) mass is 367 g/mol. The SMILES string of the molecule is CC1CCCN(CCCCNC(=O)C(=O)N(C)c2ccc(F)c(F)c2)C1. The molecular weight excluding hydrogens is 340 g/mol. The molecule has 1 aliphatic rings. The summed E-state index contributed by atoms with van der Waals surface area (Å²) in [6.07, 6.45) is 4.28. The number of unbranched alkanes of at least 4 members (excludes halogenated alkanes) is 1. The highest BCUT2D eigenvalue weighted by molar-refractivity contribution is 6.40. The molecule has 26 heavy (non-hydrogen) atoms. The second kappa shape index (κ2) is 9.62. The van der Waals surface area contributed by atoms with Gasteiger partial charge in [-0.2, -0.15) is 0 Å². The molecule has 0 aromatic heterocycles. The van der Waals surface area contributed by atoms with E-state index in [1.165, 1.54) is 26.0 Å². The Balaban J connectivity index is 1.69. The zero-order chi connectivity index (χ0) is 19.1. The van der Waals surface area contributed by atoms with Crippen LogP contribution >= 0.6 is 0 Å². The molecule has 1 fully saturated rings. The number of nitrogens with one attached hydrogen (secondary N) is 1. The number of benzene rings is 1. The van der Waals surface area contributed by atoms with Gasteiger partial charge in [-0.25, -0.2) is 8.78 Å². The molecule has 144 valence electrons. The lowest BCUT2D eigenvalue weighted by Gasteiger charge is -2.30. The van der Waals surface area contributed by atoms with E-state index in [4.69, 9.17) is 0 Å². The summed E-state index contributed by atoms with van der Waals surface area (Å²) >= 11 is 0. The highest BCUT2D eigenvalue weighted by Gasteiger charge is 2.20. The second-order valence-corrected chi connectivity index (χ2v) is 6.97. The maximum atomic E-state index is 13.3. The average Bonchev–Trinajstić information content (AvgIpc) is 2.62. The molecule has 7 heteroatoms. The van der Waals surface area contributed by atoms with Crippen LogP contribution in [-0.2, 0) is 9.59 Å². The third kappa shape index (κ3) is 5.76. The number of halogens is 2. The summed E-state index contributed by atoms with van der Waals surface area (Å²) in [5.41, 5.74) is 0.128. The summed E-state index contributed by atoms with van der Waals surface area (Å²) < 4.78 is 26.2. The zero-order valence-corrected chi connectivity index (χ0v) is 15.4. The Labute approximate surface area is 153 Å². The minimum absolute atomic E-state index is 0.128. The van der Waals surface area contributed by atoms with Gasteiger partial charge >= 0.3 is 11.8 Å². The van der Waals surface area contributed by atoms with Gasteiger partial charge in [0.05, 0.1) is 0 Å². The van der Waals surface area contributed by atoms with Crippen LogP contribution < -0.4 is 10.2 Å². The standard InChI is InChI=1S/C19H27F2N3O2/c1-14-6-5-11-24(13-14)10-4-3-9-22-18(25)19(26)23(2)15-7-8-16(20)17(21)12-15/h7-8,12,14H,3-6,9-11,13H2,1-2H3,(H,22,25). The fourth-order valence-electron chi connectivity index (χ4n) is 3.19. The van der Waals surface area contributed by atoms with E-state index >= 15 is 0 Å². The first-order valence-electron chi connectivity index (χ1n) is 9.11. The summed E-state index contributed by atoms with van der Waals surface area (Å²) in [5.74, 6) is -2.87. The molecule has 1 heterocycles. The van der Waals surface area contributed by atoms with E-state index < -0.39 is 23.4 Å². The van der Waals surface area contributed by atoms with Gasteiger partial charge in [0.15, 0.2) is 11.6 Å². The molecule has 1 N–H and O–H groups in total. The molecule has 0 spiro atoms. The zero-order valence-electron chi connectivity index (χ0n) is 15.4. The third-order valence-electron chi connectivity index (χ3n) is 4.72. The Morgan fingerprint density at radius 3 is 2.73 bits per heavy atom. The van der Waals surface area contributed by atoms with Gasteiger partial charge in [0.2, 0.25) is 0 Å². The predicted molar refractivity (Wildman–Crippen MR) is 96.8 cm³/mol. The number of piperidine rings is 1. The van der Waals surface area contributed by atoms with Crippen molar-refractivity contribution in [3.05, 3.63) is 29.8 Å². The fourth-order valence-corrected chi connectivity index (χ4v) is 3.19. The van der Waals surface area contributed by atoms with Gasteiger partial charge < -0.3 is 15.1 Å². The van der Waals surface area contributed by atoms with E-state index in [2.05, 4.69) is 17.1 Å². The Kier molecular flexibility index (Phi) is 7.50. The maximum Gasteiger partial charge on any atom is 0.316 e. The molecule has 1 aliphatic heterocycles. The highest BCUT2D eigenvalue weighted by atomic mass is 19.2. The van der Waals surface area contributed by atoms with Crippen molar-refractivity contribution in [2.45, 2.75) is 32.6 Å². The minimum Gasteiger partial charge on any atom is -0.348 e. The molecule has 1 atom stereocenters. The van der Waals surface area contributed by atoms with Crippen LogP contribution in [0.3, 0.4) is 0 Å². The summed E-state index contributed by atoms with van der Waals surface area (Å²) in [5, 5.41) is 2.59. The normalized spacial score (nSPS) is 17.8. The van der Waals surface area contributed by atoms with Crippen molar-refractivity contribution in [2.24, 2.45) is 5.92 Å². The van der Waals surface area contributed by atoms with Gasteiger partial charge in [0.25, 0.3) is 0 Å². The Morgan fingerprint density at radius 1 is 1.27 bits per heavy atom. The van der Waals surface area contributed by atoms with E-state index in [1.807, 2.05) is 0 Å². The number of likely N-dealkylation sites (tertiary alicyclic amines) is 1. The number of hydrogen-bond donors (Lipinski definition) is 1. The lowest BCUT2D eigenvalue weighted by molar-refractivity contribution is -0.137. The van der Waals surface area contributed by atoms with E-state index in [0.29, 0.717) is 6.54 Å². The van der Waals surface area contributed by atoms with E-state index in [0.717, 1.165) is 55.4 Å². The van der Waals surface area contributed by atoms with Gasteiger partial charge in [0, 0.05) is 31.9 Å². The smallest absolute Gasteiger partial charge is 0.316 e. The summed E-state index contributed by atoms with van der Waals surface area (Å²) in [6.45, 7) is 5.95. The quantitative estimate of drug-likeness (QED) is 0.621. The van der Waals surface area contributed by atoms with Crippen LogP contribution in [0.5, 0.6) is 0 Å². The first-order chi connectivity index (χ1) is 12.4. The van der Waals surface area contributed by atoms with Crippen LogP contribution in [0.4, 0.5) is 14.5 Å². The Bertz CT molecular complexity index is 639. The van der Waals surface area contributed by atoms with Crippen LogP contribution in [-0.4, -0.2) is 49.9 Å². The summed E-state index contributed by atoms with van der Waals surface area (Å²) in [4.78, 5) is 27.5. The minimum atomic E-state index is -1.06. The van der Waals surface area contributed by atoms with Crippen molar-refractivity contribution < 1.29 is 18.4 Å². The van der Waals surface area contributed by atoms with Crippen molar-refractivity contribution in [2.75, 3.05) is 38.1 Å². The van der Waals surface area contributed by atoms with E-state index in [-0.39, 0.29) is 5.69 Å². The van der Waals surface area contributed by atoms with Crippen LogP contribution in [0, 0.1) is 17.6 Å². The largest absolute Gasteiger partial charge is 0.348 e. The fraction of sp³-hybridized carbons (Fsp3) is 0.579. The first-order valence-corrected chi connectivity index (χ1v) is 9.11. The van der Waals surface area contributed by atoms with Gasteiger partial charge in [-0.05, 0) is 56.8 Å². The summed E-state index contributed by atoms with van der Waals surface area (Å²) in [7, 11) is 1.35. The number of carbonyl (C=O) groups is 2. The molecule has 0 saturated carbocycles. The number of hydrogen-bond acceptors (Lipinski definition) is 3. The number of amides is 2. The maximum absolute atomic E-state index is 13.3. The molecule has 2 rings (SSSR count). The number of carbonyl (C=O) groups excluding carboxylic acids is 2. The van der Waals surface area contributed by atoms with E-state index in [1.54, 1.807) is 0 Å². The van der Waals surface area contributed by atoms with Crippen molar-refractivity contribution in [1.82, 2.24) is 10.2 Å². The topological polar surface area (TPSA) is 52.7 Å². The van der Waals surface area contributed by atoms with Crippen molar-refractivity contribution in [1.29, 1.82) is 0 Å². The van der Waals surface area contributed by atoms with Crippen LogP contribution in [0.15, 0.2) is 18.2 Å². The predicted octanol–water partition coefficient (Wildman–Crippen LogP) is 2.56. The van der Waals surface area contributed by atoms with E-state index in [9.17, 15) is 18.4 Å². The Morgan fingerprint density at radius 2 is 2.04 bits per heavy atom. The molecule has 0 aliphatic carbocycles. The summed E-state index contributed by atoms with van der Waals surface area (Å²) in [6, 6.07) is 3.07. The van der Waals surface area contributed by atoms with Gasteiger partial charge in [-0.3, -0.25) is 9.59 Å². The molecule has 0 radical (unpaired) electrons. The molecule has 0 bridgehead atoms. The van der Waals surface area contributed by atoms with Crippen molar-refractivity contribution >= 4 is 17.5 Å². The molecule has 1 unspecified atom stereocenters. The number of anilines is 1. The molecule has 5 nitrogen and oxygen atoms in total. The van der Waals surface area contributed by atoms with Gasteiger partial charge in [0.1, 0.15) is 0 Å². The van der Waals surface area contributed by atoms with Gasteiger partial charge in [-0.1, -0.05) is 6.92 Å².